The maximum absolute atomic E-state index is 10.6. The molecule has 0 atom stereocenters. The van der Waals surface area contributed by atoms with Crippen molar-refractivity contribution in [2.45, 2.75) is 26.2 Å². The Hall–Kier alpha value is -1.52. The zero-order chi connectivity index (χ0) is 10.1. The van der Waals surface area contributed by atoms with E-state index < -0.39 is 4.92 Å². The highest BCUT2D eigenvalue weighted by atomic mass is 16.6. The summed E-state index contributed by atoms with van der Waals surface area (Å²) in [6.07, 6.45) is 2.56. The average molecular weight is 181 g/mol. The van der Waals surface area contributed by atoms with Crippen LogP contribution < -0.4 is 0 Å². The van der Waals surface area contributed by atoms with E-state index in [4.69, 9.17) is 0 Å². The molecule has 0 aliphatic rings. The van der Waals surface area contributed by atoms with Gasteiger partial charge in [-0.05, 0) is 0 Å². The van der Waals surface area contributed by atoms with Gasteiger partial charge in [0.1, 0.15) is 18.2 Å². The van der Waals surface area contributed by atoms with Crippen molar-refractivity contribution >= 4 is 5.69 Å². The van der Waals surface area contributed by atoms with Gasteiger partial charge in [0, 0.05) is 5.41 Å². The van der Waals surface area contributed by atoms with Gasteiger partial charge in [-0.1, -0.05) is 20.8 Å². The fourth-order valence-electron chi connectivity index (χ4n) is 1.03. The molecule has 5 heteroatoms. The van der Waals surface area contributed by atoms with Crippen LogP contribution in [0.1, 0.15) is 26.5 Å². The lowest BCUT2D eigenvalue weighted by molar-refractivity contribution is -0.386. The number of hydrogen-bond donors (Lipinski definition) is 0. The summed E-state index contributed by atoms with van der Waals surface area (Å²) in [5.74, 6) is 0. The first-order valence-electron chi connectivity index (χ1n) is 3.88. The van der Waals surface area contributed by atoms with Crippen molar-refractivity contribution in [3.05, 3.63) is 28.3 Å². The standard InChI is InChI=1S/C8H11N3O2/c1-8(2,3)7-6(11(12)13)4-9-5-10-7/h4-5H,1-3H3. The minimum atomic E-state index is -0.458. The first-order chi connectivity index (χ1) is 5.93. The quantitative estimate of drug-likeness (QED) is 0.488. The summed E-state index contributed by atoms with van der Waals surface area (Å²) >= 11 is 0. The Morgan fingerprint density at radius 1 is 1.46 bits per heavy atom. The van der Waals surface area contributed by atoms with Gasteiger partial charge in [-0.15, -0.1) is 0 Å². The Balaban J connectivity index is 3.28. The normalized spacial score (nSPS) is 11.3. The maximum atomic E-state index is 10.6. The first kappa shape index (κ1) is 9.57. The van der Waals surface area contributed by atoms with E-state index in [1.807, 2.05) is 20.8 Å². The van der Waals surface area contributed by atoms with Gasteiger partial charge in [-0.3, -0.25) is 10.1 Å². The summed E-state index contributed by atoms with van der Waals surface area (Å²) < 4.78 is 0. The fraction of sp³-hybridized carbons (Fsp3) is 0.500. The molecular formula is C8H11N3O2. The molecule has 0 saturated carbocycles. The number of nitrogens with zero attached hydrogens (tertiary/aromatic N) is 3. The molecule has 0 spiro atoms. The fourth-order valence-corrected chi connectivity index (χ4v) is 1.03. The molecule has 70 valence electrons. The molecule has 0 aromatic carbocycles. The summed E-state index contributed by atoms with van der Waals surface area (Å²) in [6, 6.07) is 0. The second-order valence-corrected chi connectivity index (χ2v) is 3.76. The average Bonchev–Trinajstić information content (AvgIpc) is 2.03. The van der Waals surface area contributed by atoms with Crippen molar-refractivity contribution in [3.63, 3.8) is 0 Å². The van der Waals surface area contributed by atoms with E-state index in [9.17, 15) is 10.1 Å². The van der Waals surface area contributed by atoms with E-state index in [0.29, 0.717) is 5.69 Å². The molecule has 13 heavy (non-hydrogen) atoms. The smallest absolute Gasteiger partial charge is 0.258 e. The minimum Gasteiger partial charge on any atom is -0.258 e. The minimum absolute atomic E-state index is 0.0185. The number of aromatic nitrogens is 2. The third-order valence-electron chi connectivity index (χ3n) is 1.60. The second kappa shape index (κ2) is 3.08. The summed E-state index contributed by atoms with van der Waals surface area (Å²) in [5.41, 5.74) is 0.119. The summed E-state index contributed by atoms with van der Waals surface area (Å²) in [7, 11) is 0. The first-order valence-corrected chi connectivity index (χ1v) is 3.88. The number of rotatable bonds is 1. The number of nitro groups is 1. The highest BCUT2D eigenvalue weighted by Crippen LogP contribution is 2.27. The van der Waals surface area contributed by atoms with E-state index in [1.165, 1.54) is 12.5 Å². The van der Waals surface area contributed by atoms with Crippen LogP contribution in [0.15, 0.2) is 12.5 Å². The summed E-state index contributed by atoms with van der Waals surface area (Å²) in [6.45, 7) is 5.63. The molecule has 0 amide bonds. The van der Waals surface area contributed by atoms with Crippen molar-refractivity contribution in [3.8, 4) is 0 Å². The van der Waals surface area contributed by atoms with Crippen LogP contribution >= 0.6 is 0 Å². The van der Waals surface area contributed by atoms with Crippen LogP contribution in [0, 0.1) is 10.1 Å². The molecule has 0 aliphatic carbocycles. The van der Waals surface area contributed by atoms with Crippen LogP contribution in [0.5, 0.6) is 0 Å². The van der Waals surface area contributed by atoms with Gasteiger partial charge in [0.15, 0.2) is 0 Å². The van der Waals surface area contributed by atoms with Gasteiger partial charge >= 0.3 is 5.69 Å². The van der Waals surface area contributed by atoms with E-state index in [1.54, 1.807) is 0 Å². The van der Waals surface area contributed by atoms with E-state index >= 15 is 0 Å². The van der Waals surface area contributed by atoms with Crippen LogP contribution in [-0.2, 0) is 5.41 Å². The Bertz CT molecular complexity index is 330. The van der Waals surface area contributed by atoms with Crippen LogP contribution in [0.3, 0.4) is 0 Å². The maximum Gasteiger partial charge on any atom is 0.309 e. The van der Waals surface area contributed by atoms with Crippen LogP contribution in [0.2, 0.25) is 0 Å². The number of hydrogen-bond acceptors (Lipinski definition) is 4. The molecule has 1 aromatic heterocycles. The third-order valence-corrected chi connectivity index (χ3v) is 1.60. The highest BCUT2D eigenvalue weighted by Gasteiger charge is 2.26. The Morgan fingerprint density at radius 3 is 2.46 bits per heavy atom. The molecule has 5 nitrogen and oxygen atoms in total. The monoisotopic (exact) mass is 181 g/mol. The molecular weight excluding hydrogens is 170 g/mol. The molecule has 0 unspecified atom stereocenters. The SMILES string of the molecule is CC(C)(C)c1ncncc1[N+](=O)[O-]. The van der Waals surface area contributed by atoms with Crippen LogP contribution in [-0.4, -0.2) is 14.9 Å². The van der Waals surface area contributed by atoms with Crippen LogP contribution in [0.25, 0.3) is 0 Å². The van der Waals surface area contributed by atoms with Gasteiger partial charge < -0.3 is 0 Å². The lowest BCUT2D eigenvalue weighted by Gasteiger charge is -2.16. The van der Waals surface area contributed by atoms with Crippen molar-refractivity contribution in [1.29, 1.82) is 0 Å². The van der Waals surface area contributed by atoms with Crippen molar-refractivity contribution in [1.82, 2.24) is 9.97 Å². The predicted octanol–water partition coefficient (Wildman–Crippen LogP) is 1.68. The van der Waals surface area contributed by atoms with Crippen LogP contribution in [0.4, 0.5) is 5.69 Å². The van der Waals surface area contributed by atoms with Gasteiger partial charge in [-0.25, -0.2) is 9.97 Å². The molecule has 1 rings (SSSR count). The van der Waals surface area contributed by atoms with Crippen molar-refractivity contribution in [2.75, 3.05) is 0 Å². The van der Waals surface area contributed by atoms with Crippen molar-refractivity contribution < 1.29 is 4.92 Å². The van der Waals surface area contributed by atoms with Gasteiger partial charge in [0.25, 0.3) is 0 Å². The lowest BCUT2D eigenvalue weighted by atomic mass is 9.91. The molecule has 0 fully saturated rings. The summed E-state index contributed by atoms with van der Waals surface area (Å²) in [4.78, 5) is 17.7. The zero-order valence-electron chi connectivity index (χ0n) is 7.81. The topological polar surface area (TPSA) is 68.9 Å². The largest absolute Gasteiger partial charge is 0.309 e. The molecule has 1 aromatic rings. The van der Waals surface area contributed by atoms with Gasteiger partial charge in [-0.2, -0.15) is 0 Å². The van der Waals surface area contributed by atoms with E-state index in [0.717, 1.165) is 0 Å². The van der Waals surface area contributed by atoms with E-state index in [-0.39, 0.29) is 11.1 Å². The Morgan fingerprint density at radius 2 is 2.08 bits per heavy atom. The van der Waals surface area contributed by atoms with E-state index in [2.05, 4.69) is 9.97 Å². The second-order valence-electron chi connectivity index (χ2n) is 3.76. The Kier molecular flexibility index (Phi) is 2.27. The molecule has 0 bridgehead atoms. The Labute approximate surface area is 76.0 Å². The lowest BCUT2D eigenvalue weighted by Crippen LogP contribution is -2.16. The highest BCUT2D eigenvalue weighted by molar-refractivity contribution is 5.36. The zero-order valence-corrected chi connectivity index (χ0v) is 7.81. The van der Waals surface area contributed by atoms with Gasteiger partial charge in [0.2, 0.25) is 0 Å². The van der Waals surface area contributed by atoms with Gasteiger partial charge in [0.05, 0.1) is 4.92 Å². The molecule has 0 saturated heterocycles. The molecule has 0 aliphatic heterocycles. The molecule has 0 radical (unpaired) electrons. The van der Waals surface area contributed by atoms with Crippen molar-refractivity contribution in [2.24, 2.45) is 0 Å². The predicted molar refractivity (Wildman–Crippen MR) is 47.4 cm³/mol. The third kappa shape index (κ3) is 1.99. The molecule has 0 N–H and O–H groups in total. The summed E-state index contributed by atoms with van der Waals surface area (Å²) in [5, 5.41) is 10.6. The molecule has 1 heterocycles.